The van der Waals surface area contributed by atoms with Crippen LogP contribution in [0.1, 0.15) is 37.7 Å². The van der Waals surface area contributed by atoms with Crippen LogP contribution < -0.4 is 10.1 Å². The van der Waals surface area contributed by atoms with Crippen molar-refractivity contribution in [1.29, 1.82) is 0 Å². The molecule has 1 aliphatic rings. The van der Waals surface area contributed by atoms with Crippen molar-refractivity contribution in [2.24, 2.45) is 0 Å². The van der Waals surface area contributed by atoms with Gasteiger partial charge in [0.15, 0.2) is 0 Å². The predicted octanol–water partition coefficient (Wildman–Crippen LogP) is 3.24. The molecular weight excluding hydrogens is 306 g/mol. The molecule has 2 N–H and O–H groups in total. The molecule has 2 rings (SSSR count). The summed E-state index contributed by atoms with van der Waals surface area (Å²) >= 11 is 3.50. The lowest BCUT2D eigenvalue weighted by Crippen LogP contribution is -2.49. The fourth-order valence-electron chi connectivity index (χ4n) is 2.73. The van der Waals surface area contributed by atoms with Gasteiger partial charge in [-0.1, -0.05) is 25.3 Å². The maximum atomic E-state index is 9.66. The number of aliphatic hydroxyl groups excluding tert-OH is 1. The quantitative estimate of drug-likeness (QED) is 0.872. The van der Waals surface area contributed by atoms with Gasteiger partial charge in [-0.15, -0.1) is 0 Å². The molecule has 4 heteroatoms. The van der Waals surface area contributed by atoms with Gasteiger partial charge >= 0.3 is 0 Å². The van der Waals surface area contributed by atoms with E-state index in [9.17, 15) is 5.11 Å². The Hall–Kier alpha value is -0.580. The van der Waals surface area contributed by atoms with Crippen molar-refractivity contribution >= 4 is 15.9 Å². The van der Waals surface area contributed by atoms with Crippen LogP contribution >= 0.6 is 15.9 Å². The summed E-state index contributed by atoms with van der Waals surface area (Å²) in [6.45, 7) is 1.01. The molecule has 0 radical (unpaired) electrons. The van der Waals surface area contributed by atoms with Crippen LogP contribution in [0.5, 0.6) is 5.75 Å². The Morgan fingerprint density at radius 3 is 2.63 bits per heavy atom. The smallest absolute Gasteiger partial charge is 0.133 e. The average molecular weight is 328 g/mol. The minimum atomic E-state index is -0.0787. The molecule has 0 unspecified atom stereocenters. The maximum Gasteiger partial charge on any atom is 0.133 e. The van der Waals surface area contributed by atoms with Crippen LogP contribution in [0, 0.1) is 0 Å². The monoisotopic (exact) mass is 327 g/mol. The fourth-order valence-corrected chi connectivity index (χ4v) is 3.32. The summed E-state index contributed by atoms with van der Waals surface area (Å²) in [5.41, 5.74) is 1.12. The SMILES string of the molecule is COc1ccc(CNC2(CO)CCCCC2)cc1Br. The number of hydrogen-bond acceptors (Lipinski definition) is 3. The lowest BCUT2D eigenvalue weighted by Gasteiger charge is -2.36. The second-order valence-corrected chi connectivity index (χ2v) is 6.18. The van der Waals surface area contributed by atoms with Gasteiger partial charge in [-0.05, 0) is 46.5 Å². The maximum absolute atomic E-state index is 9.66. The first-order valence-corrected chi connectivity index (χ1v) is 7.67. The summed E-state index contributed by atoms with van der Waals surface area (Å²) < 4.78 is 6.20. The van der Waals surface area contributed by atoms with Gasteiger partial charge in [-0.3, -0.25) is 0 Å². The van der Waals surface area contributed by atoms with Gasteiger partial charge < -0.3 is 15.2 Å². The summed E-state index contributed by atoms with van der Waals surface area (Å²) in [7, 11) is 1.67. The van der Waals surface area contributed by atoms with Crippen LogP contribution in [0.25, 0.3) is 0 Å². The molecule has 0 heterocycles. The Bertz CT molecular complexity index is 417. The highest BCUT2D eigenvalue weighted by Crippen LogP contribution is 2.29. The third kappa shape index (κ3) is 3.71. The van der Waals surface area contributed by atoms with Crippen molar-refractivity contribution in [2.45, 2.75) is 44.2 Å². The Morgan fingerprint density at radius 2 is 2.05 bits per heavy atom. The Kier molecular flexibility index (Phi) is 5.25. The summed E-state index contributed by atoms with van der Waals surface area (Å²) in [4.78, 5) is 0. The van der Waals surface area contributed by atoms with Gasteiger partial charge in [0.1, 0.15) is 5.75 Å². The van der Waals surface area contributed by atoms with Crippen molar-refractivity contribution in [1.82, 2.24) is 5.32 Å². The Labute approximate surface area is 123 Å². The zero-order chi connectivity index (χ0) is 13.7. The van der Waals surface area contributed by atoms with E-state index in [1.54, 1.807) is 7.11 Å². The summed E-state index contributed by atoms with van der Waals surface area (Å²) in [5.74, 6) is 0.846. The third-order valence-electron chi connectivity index (χ3n) is 4.00. The molecule has 1 aromatic carbocycles. The Morgan fingerprint density at radius 1 is 1.32 bits per heavy atom. The number of rotatable bonds is 5. The van der Waals surface area contributed by atoms with Crippen LogP contribution in [0.4, 0.5) is 0 Å². The van der Waals surface area contributed by atoms with Gasteiger partial charge in [0.05, 0.1) is 18.2 Å². The second kappa shape index (κ2) is 6.73. The highest BCUT2D eigenvalue weighted by atomic mass is 79.9. The lowest BCUT2D eigenvalue weighted by molar-refractivity contribution is 0.119. The lowest BCUT2D eigenvalue weighted by atomic mass is 9.82. The Balaban J connectivity index is 1.99. The molecule has 1 aliphatic carbocycles. The van der Waals surface area contributed by atoms with E-state index in [0.29, 0.717) is 0 Å². The minimum absolute atomic E-state index is 0.0787. The largest absolute Gasteiger partial charge is 0.496 e. The number of benzene rings is 1. The number of ether oxygens (including phenoxy) is 1. The van der Waals surface area contributed by atoms with Crippen molar-refractivity contribution in [3.63, 3.8) is 0 Å². The molecule has 0 bridgehead atoms. The summed E-state index contributed by atoms with van der Waals surface area (Å²) in [6, 6.07) is 6.10. The van der Waals surface area contributed by atoms with Crippen molar-refractivity contribution in [3.8, 4) is 5.75 Å². The molecule has 0 atom stereocenters. The van der Waals surface area contributed by atoms with Gasteiger partial charge in [-0.25, -0.2) is 0 Å². The van der Waals surface area contributed by atoms with E-state index < -0.39 is 0 Å². The topological polar surface area (TPSA) is 41.5 Å². The zero-order valence-electron chi connectivity index (χ0n) is 11.4. The number of halogens is 1. The number of aliphatic hydroxyl groups is 1. The van der Waals surface area contributed by atoms with Gasteiger partial charge in [-0.2, -0.15) is 0 Å². The molecule has 1 fully saturated rings. The highest BCUT2D eigenvalue weighted by Gasteiger charge is 2.30. The first-order chi connectivity index (χ1) is 9.19. The third-order valence-corrected chi connectivity index (χ3v) is 4.62. The summed E-state index contributed by atoms with van der Waals surface area (Å²) in [5, 5.41) is 13.2. The highest BCUT2D eigenvalue weighted by molar-refractivity contribution is 9.10. The molecule has 0 amide bonds. The molecule has 1 saturated carbocycles. The zero-order valence-corrected chi connectivity index (χ0v) is 13.0. The van der Waals surface area contributed by atoms with E-state index in [4.69, 9.17) is 4.74 Å². The molecule has 19 heavy (non-hydrogen) atoms. The van der Waals surface area contributed by atoms with E-state index >= 15 is 0 Å². The average Bonchev–Trinajstić information content (AvgIpc) is 2.46. The van der Waals surface area contributed by atoms with Crippen LogP contribution in [-0.2, 0) is 6.54 Å². The van der Waals surface area contributed by atoms with E-state index in [2.05, 4.69) is 33.4 Å². The number of nitrogens with one attached hydrogen (secondary N) is 1. The molecule has 0 saturated heterocycles. The molecule has 0 aromatic heterocycles. The van der Waals surface area contributed by atoms with E-state index in [-0.39, 0.29) is 12.1 Å². The van der Waals surface area contributed by atoms with Crippen molar-refractivity contribution in [3.05, 3.63) is 28.2 Å². The molecule has 0 aliphatic heterocycles. The molecule has 1 aromatic rings. The fraction of sp³-hybridized carbons (Fsp3) is 0.600. The van der Waals surface area contributed by atoms with Gasteiger partial charge in [0.2, 0.25) is 0 Å². The van der Waals surface area contributed by atoms with Crippen LogP contribution in [-0.4, -0.2) is 24.4 Å². The predicted molar refractivity (Wildman–Crippen MR) is 80.4 cm³/mol. The molecular formula is C15H22BrNO2. The first-order valence-electron chi connectivity index (χ1n) is 6.87. The van der Waals surface area contributed by atoms with E-state index in [0.717, 1.165) is 29.6 Å². The number of hydrogen-bond donors (Lipinski definition) is 2. The standard InChI is InChI=1S/C15H22BrNO2/c1-19-14-6-5-12(9-13(14)16)10-17-15(11-18)7-3-2-4-8-15/h5-6,9,17-18H,2-4,7-8,10-11H2,1H3. The molecule has 0 spiro atoms. The van der Waals surface area contributed by atoms with Gasteiger partial charge in [0.25, 0.3) is 0 Å². The van der Waals surface area contributed by atoms with Gasteiger partial charge in [0, 0.05) is 12.1 Å². The normalized spacial score (nSPS) is 18.3. The second-order valence-electron chi connectivity index (χ2n) is 5.32. The van der Waals surface area contributed by atoms with E-state index in [1.165, 1.54) is 24.8 Å². The van der Waals surface area contributed by atoms with Crippen LogP contribution in [0.3, 0.4) is 0 Å². The van der Waals surface area contributed by atoms with E-state index in [1.807, 2.05) is 6.07 Å². The van der Waals surface area contributed by atoms with Crippen LogP contribution in [0.15, 0.2) is 22.7 Å². The van der Waals surface area contributed by atoms with Crippen LogP contribution in [0.2, 0.25) is 0 Å². The minimum Gasteiger partial charge on any atom is -0.496 e. The molecule has 3 nitrogen and oxygen atoms in total. The first kappa shape index (κ1) is 14.8. The van der Waals surface area contributed by atoms with Crippen molar-refractivity contribution < 1.29 is 9.84 Å². The number of methoxy groups -OCH3 is 1. The summed E-state index contributed by atoms with van der Waals surface area (Å²) in [6.07, 6.45) is 5.85. The molecule has 106 valence electrons. The van der Waals surface area contributed by atoms with Crippen molar-refractivity contribution in [2.75, 3.05) is 13.7 Å².